The van der Waals surface area contributed by atoms with Crippen molar-refractivity contribution in [3.05, 3.63) is 45.4 Å². The fraction of sp³-hybridized carbons (Fsp3) is 0.286. The zero-order valence-electron chi connectivity index (χ0n) is 11.1. The molecule has 1 aromatic heterocycles. The van der Waals surface area contributed by atoms with Crippen molar-refractivity contribution in [2.24, 2.45) is 5.73 Å². The highest BCUT2D eigenvalue weighted by Gasteiger charge is 2.06. The van der Waals surface area contributed by atoms with Crippen LogP contribution in [0.4, 0.5) is 0 Å². The lowest BCUT2D eigenvalue weighted by atomic mass is 10.1. The molecule has 19 heavy (non-hydrogen) atoms. The highest BCUT2D eigenvalue weighted by atomic mass is 32.1. The number of rotatable bonds is 5. The Bertz CT molecular complexity index is 572. The summed E-state index contributed by atoms with van der Waals surface area (Å²) in [6.07, 6.45) is 2.37. The number of hydrogen-bond acceptors (Lipinski definition) is 4. The highest BCUT2D eigenvalue weighted by Crippen LogP contribution is 2.22. The Morgan fingerprint density at radius 2 is 2.05 bits per heavy atom. The van der Waals surface area contributed by atoms with Gasteiger partial charge in [-0.05, 0) is 25.0 Å². The number of para-hydroxylation sites is 1. The number of benzene rings is 1. The van der Waals surface area contributed by atoms with E-state index in [1.54, 1.807) is 6.20 Å². The molecule has 0 fully saturated rings. The molecule has 0 aliphatic carbocycles. The fourth-order valence-electron chi connectivity index (χ4n) is 1.82. The van der Waals surface area contributed by atoms with Crippen molar-refractivity contribution in [2.45, 2.75) is 20.3 Å². The molecule has 4 nitrogen and oxygen atoms in total. The average molecular weight is 275 g/mol. The molecule has 2 aromatic rings. The van der Waals surface area contributed by atoms with Crippen molar-refractivity contribution in [2.75, 3.05) is 6.61 Å². The predicted molar refractivity (Wildman–Crippen MR) is 78.2 cm³/mol. The largest absolute Gasteiger partial charge is 0.493 e. The van der Waals surface area contributed by atoms with Gasteiger partial charge in [-0.25, -0.2) is 4.98 Å². The van der Waals surface area contributed by atoms with E-state index in [4.69, 9.17) is 15.9 Å². The van der Waals surface area contributed by atoms with Crippen LogP contribution in [0.5, 0.6) is 5.75 Å². The van der Waals surface area contributed by atoms with Gasteiger partial charge in [0.15, 0.2) is 0 Å². The molecule has 0 radical (unpaired) electrons. The zero-order chi connectivity index (χ0) is 13.8. The second-order valence-electron chi connectivity index (χ2n) is 4.35. The summed E-state index contributed by atoms with van der Waals surface area (Å²) in [4.78, 5) is 4.94. The van der Waals surface area contributed by atoms with Crippen LogP contribution in [0.3, 0.4) is 0 Å². The van der Waals surface area contributed by atoms with Crippen molar-refractivity contribution in [1.29, 1.82) is 5.41 Å². The van der Waals surface area contributed by atoms with E-state index in [0.717, 1.165) is 28.3 Å². The number of ether oxygens (including phenoxy) is 1. The summed E-state index contributed by atoms with van der Waals surface area (Å²) < 4.78 is 5.82. The van der Waals surface area contributed by atoms with Crippen LogP contribution in [0.15, 0.2) is 24.4 Å². The number of thiazole rings is 1. The van der Waals surface area contributed by atoms with Gasteiger partial charge in [0.1, 0.15) is 11.6 Å². The van der Waals surface area contributed by atoms with Gasteiger partial charge in [-0.3, -0.25) is 5.41 Å². The molecule has 0 bridgehead atoms. The van der Waals surface area contributed by atoms with Gasteiger partial charge in [0, 0.05) is 12.6 Å². The number of aromatic nitrogens is 1. The molecule has 0 spiro atoms. The number of nitrogens with two attached hydrogens (primary N) is 1. The molecule has 3 N–H and O–H groups in total. The molecule has 1 aromatic carbocycles. The summed E-state index contributed by atoms with van der Waals surface area (Å²) in [6, 6.07) is 6.11. The molecule has 0 amide bonds. The second-order valence-corrected chi connectivity index (χ2v) is 5.47. The normalized spacial score (nSPS) is 10.4. The molecule has 0 saturated heterocycles. The molecule has 0 atom stereocenters. The first kappa shape index (κ1) is 13.5. The lowest BCUT2D eigenvalue weighted by molar-refractivity contribution is 0.317. The van der Waals surface area contributed by atoms with Crippen LogP contribution in [-0.4, -0.2) is 17.4 Å². The van der Waals surface area contributed by atoms with Crippen molar-refractivity contribution < 1.29 is 4.74 Å². The quantitative estimate of drug-likeness (QED) is 0.651. The van der Waals surface area contributed by atoms with Gasteiger partial charge < -0.3 is 10.5 Å². The summed E-state index contributed by atoms with van der Waals surface area (Å²) in [5.74, 6) is 1.02. The molecule has 0 aliphatic heterocycles. The Balaban J connectivity index is 1.94. The van der Waals surface area contributed by atoms with Crippen molar-refractivity contribution in [1.82, 2.24) is 4.98 Å². The molecular formula is C14H17N3OS. The van der Waals surface area contributed by atoms with Crippen LogP contribution < -0.4 is 10.5 Å². The second kappa shape index (κ2) is 5.84. The van der Waals surface area contributed by atoms with Gasteiger partial charge >= 0.3 is 0 Å². The summed E-state index contributed by atoms with van der Waals surface area (Å²) in [5, 5.41) is 8.27. The van der Waals surface area contributed by atoms with E-state index < -0.39 is 0 Å². The van der Waals surface area contributed by atoms with Gasteiger partial charge in [-0.2, -0.15) is 0 Å². The average Bonchev–Trinajstić information content (AvgIpc) is 2.82. The third kappa shape index (κ3) is 3.32. The molecule has 0 aliphatic rings. The lowest BCUT2D eigenvalue weighted by Gasteiger charge is -2.10. The van der Waals surface area contributed by atoms with E-state index in [1.165, 1.54) is 11.3 Å². The van der Waals surface area contributed by atoms with Crippen LogP contribution in [-0.2, 0) is 6.42 Å². The first-order valence-electron chi connectivity index (χ1n) is 6.06. The molecule has 1 heterocycles. The molecule has 0 saturated carbocycles. The number of nitrogens with one attached hydrogen (secondary N) is 1. The number of nitrogen functional groups attached to an aromatic ring is 1. The maximum Gasteiger partial charge on any atom is 0.134 e. The van der Waals surface area contributed by atoms with E-state index in [2.05, 4.69) is 4.98 Å². The molecule has 2 rings (SSSR count). The van der Waals surface area contributed by atoms with E-state index in [-0.39, 0.29) is 5.84 Å². The number of amidine groups is 1. The Labute approximate surface area is 116 Å². The minimum absolute atomic E-state index is 0.0689. The van der Waals surface area contributed by atoms with Gasteiger partial charge in [-0.15, -0.1) is 11.3 Å². The Hall–Kier alpha value is -1.88. The third-order valence-electron chi connectivity index (χ3n) is 2.79. The molecule has 100 valence electrons. The SMILES string of the molecule is Cc1cccc(C)c1OCCc1ncc(C(=N)N)s1. The number of aryl methyl sites for hydroxylation is 2. The van der Waals surface area contributed by atoms with Crippen molar-refractivity contribution in [3.8, 4) is 5.75 Å². The minimum Gasteiger partial charge on any atom is -0.493 e. The van der Waals surface area contributed by atoms with Crippen molar-refractivity contribution >= 4 is 17.2 Å². The molecule has 5 heteroatoms. The Kier molecular flexibility index (Phi) is 4.16. The van der Waals surface area contributed by atoms with E-state index in [1.807, 2.05) is 32.0 Å². The summed E-state index contributed by atoms with van der Waals surface area (Å²) in [6.45, 7) is 4.66. The van der Waals surface area contributed by atoms with Gasteiger partial charge in [0.25, 0.3) is 0 Å². The first-order valence-corrected chi connectivity index (χ1v) is 6.87. The van der Waals surface area contributed by atoms with E-state index >= 15 is 0 Å². The lowest BCUT2D eigenvalue weighted by Crippen LogP contribution is -2.08. The molecular weight excluding hydrogens is 258 g/mol. The number of hydrogen-bond donors (Lipinski definition) is 2. The smallest absolute Gasteiger partial charge is 0.134 e. The van der Waals surface area contributed by atoms with Crippen LogP contribution in [0.1, 0.15) is 21.0 Å². The van der Waals surface area contributed by atoms with Gasteiger partial charge in [0.05, 0.1) is 16.5 Å². The topological polar surface area (TPSA) is 72.0 Å². The van der Waals surface area contributed by atoms with Crippen LogP contribution in [0.25, 0.3) is 0 Å². The minimum atomic E-state index is 0.0689. The summed E-state index contributed by atoms with van der Waals surface area (Å²) in [5.41, 5.74) is 7.69. The van der Waals surface area contributed by atoms with Crippen LogP contribution in [0.2, 0.25) is 0 Å². The zero-order valence-corrected chi connectivity index (χ0v) is 11.9. The van der Waals surface area contributed by atoms with E-state index in [0.29, 0.717) is 11.5 Å². The van der Waals surface area contributed by atoms with Gasteiger partial charge in [0.2, 0.25) is 0 Å². The maximum atomic E-state index is 7.33. The maximum absolute atomic E-state index is 7.33. The Morgan fingerprint density at radius 1 is 1.37 bits per heavy atom. The third-order valence-corrected chi connectivity index (χ3v) is 3.88. The summed E-state index contributed by atoms with van der Waals surface area (Å²) in [7, 11) is 0. The standard InChI is InChI=1S/C14H17N3OS/c1-9-4-3-5-10(2)13(9)18-7-6-12-17-8-11(19-12)14(15)16/h3-5,8H,6-7H2,1-2H3,(H3,15,16). The van der Waals surface area contributed by atoms with Gasteiger partial charge in [-0.1, -0.05) is 18.2 Å². The van der Waals surface area contributed by atoms with E-state index in [9.17, 15) is 0 Å². The number of nitrogens with zero attached hydrogens (tertiary/aromatic N) is 1. The molecule has 0 unspecified atom stereocenters. The summed E-state index contributed by atoms with van der Waals surface area (Å²) >= 11 is 1.44. The fourth-order valence-corrected chi connectivity index (χ4v) is 2.58. The predicted octanol–water partition coefficient (Wildman–Crippen LogP) is 2.67. The van der Waals surface area contributed by atoms with Crippen LogP contribution >= 0.6 is 11.3 Å². The monoisotopic (exact) mass is 275 g/mol. The van der Waals surface area contributed by atoms with Crippen molar-refractivity contribution in [3.63, 3.8) is 0 Å². The Morgan fingerprint density at radius 3 is 2.63 bits per heavy atom. The van der Waals surface area contributed by atoms with Crippen LogP contribution in [0, 0.1) is 19.3 Å². The highest BCUT2D eigenvalue weighted by molar-refractivity contribution is 7.13. The first-order chi connectivity index (χ1) is 9.08.